The highest BCUT2D eigenvalue weighted by molar-refractivity contribution is 7.98. The van der Waals surface area contributed by atoms with Gasteiger partial charge in [-0.15, -0.1) is 11.8 Å². The molecule has 3 aromatic rings. The van der Waals surface area contributed by atoms with E-state index in [1.807, 2.05) is 37.6 Å². The van der Waals surface area contributed by atoms with Crippen LogP contribution in [0.1, 0.15) is 16.1 Å². The summed E-state index contributed by atoms with van der Waals surface area (Å²) in [6.45, 7) is 0.349. The summed E-state index contributed by atoms with van der Waals surface area (Å²) in [7, 11) is 1.86. The average Bonchev–Trinajstić information content (AvgIpc) is 3.01. The zero-order valence-electron chi connectivity index (χ0n) is 13.4. The number of rotatable bonds is 5. The molecule has 3 aromatic heterocycles. The van der Waals surface area contributed by atoms with E-state index >= 15 is 0 Å². The molecule has 0 unspecified atom stereocenters. The fourth-order valence-corrected chi connectivity index (χ4v) is 2.91. The molecule has 0 fully saturated rings. The Bertz CT molecular complexity index is 847. The normalized spacial score (nSPS) is 10.6. The molecule has 0 saturated heterocycles. The summed E-state index contributed by atoms with van der Waals surface area (Å²) in [6.07, 6.45) is 5.33. The van der Waals surface area contributed by atoms with Crippen molar-refractivity contribution in [1.82, 2.24) is 25.1 Å². The number of aryl methyl sites for hydroxylation is 1. The Morgan fingerprint density at radius 3 is 2.79 bits per heavy atom. The maximum absolute atomic E-state index is 12.3. The molecule has 0 radical (unpaired) electrons. The molecule has 122 valence electrons. The van der Waals surface area contributed by atoms with E-state index in [1.165, 1.54) is 11.8 Å². The Morgan fingerprint density at radius 1 is 1.21 bits per heavy atom. The van der Waals surface area contributed by atoms with Crippen LogP contribution in [0.5, 0.6) is 0 Å². The summed E-state index contributed by atoms with van der Waals surface area (Å²) < 4.78 is 1.77. The summed E-state index contributed by atoms with van der Waals surface area (Å²) in [5.74, 6) is -0.155. The third-order valence-electron chi connectivity index (χ3n) is 3.50. The van der Waals surface area contributed by atoms with Gasteiger partial charge < -0.3 is 5.32 Å². The highest BCUT2D eigenvalue weighted by Crippen LogP contribution is 2.18. The van der Waals surface area contributed by atoms with Crippen LogP contribution in [-0.4, -0.2) is 31.9 Å². The average molecular weight is 339 g/mol. The molecule has 1 N–H and O–H groups in total. The predicted molar refractivity (Wildman–Crippen MR) is 93.6 cm³/mol. The van der Waals surface area contributed by atoms with Crippen LogP contribution in [0.25, 0.3) is 11.4 Å². The van der Waals surface area contributed by atoms with Crippen LogP contribution in [-0.2, 0) is 13.6 Å². The van der Waals surface area contributed by atoms with Crippen LogP contribution in [0.2, 0.25) is 0 Å². The Morgan fingerprint density at radius 2 is 2.04 bits per heavy atom. The van der Waals surface area contributed by atoms with E-state index in [0.29, 0.717) is 17.1 Å². The van der Waals surface area contributed by atoms with Gasteiger partial charge >= 0.3 is 0 Å². The number of nitrogens with one attached hydrogen (secondary N) is 1. The summed E-state index contributed by atoms with van der Waals surface area (Å²) in [6, 6.07) is 11.2. The first-order chi connectivity index (χ1) is 11.7. The topological polar surface area (TPSA) is 72.7 Å². The smallest absolute Gasteiger partial charge is 0.254 e. The second-order valence-electron chi connectivity index (χ2n) is 5.10. The van der Waals surface area contributed by atoms with Crippen LogP contribution in [0.4, 0.5) is 0 Å². The number of aromatic nitrogens is 4. The third-order valence-corrected chi connectivity index (χ3v) is 4.21. The second-order valence-corrected chi connectivity index (χ2v) is 5.90. The van der Waals surface area contributed by atoms with Crippen LogP contribution in [0.3, 0.4) is 0 Å². The molecule has 0 atom stereocenters. The van der Waals surface area contributed by atoms with E-state index in [1.54, 1.807) is 29.2 Å². The van der Waals surface area contributed by atoms with Crippen molar-refractivity contribution in [3.05, 3.63) is 60.0 Å². The molecule has 0 aliphatic rings. The number of nitrogens with zero attached hydrogens (tertiary/aromatic N) is 4. The number of hydrogen-bond acceptors (Lipinski definition) is 5. The Hall–Kier alpha value is -2.67. The number of amides is 1. The van der Waals surface area contributed by atoms with Crippen molar-refractivity contribution in [2.45, 2.75) is 11.6 Å². The maximum Gasteiger partial charge on any atom is 0.254 e. The van der Waals surface area contributed by atoms with Gasteiger partial charge in [0.15, 0.2) is 0 Å². The summed E-state index contributed by atoms with van der Waals surface area (Å²) in [5.41, 5.74) is 3.11. The molecule has 3 heterocycles. The fraction of sp³-hybridized carbons (Fsp3) is 0.176. The second kappa shape index (κ2) is 7.27. The Balaban J connectivity index is 1.72. The van der Waals surface area contributed by atoms with E-state index in [0.717, 1.165) is 17.1 Å². The maximum atomic E-state index is 12.3. The zero-order valence-corrected chi connectivity index (χ0v) is 14.2. The molecule has 7 heteroatoms. The number of thioether (sulfide) groups is 1. The molecule has 1 amide bonds. The molecule has 24 heavy (non-hydrogen) atoms. The molecule has 0 aliphatic heterocycles. The molecule has 6 nitrogen and oxygen atoms in total. The summed E-state index contributed by atoms with van der Waals surface area (Å²) >= 11 is 1.45. The lowest BCUT2D eigenvalue weighted by Crippen LogP contribution is -2.24. The molecular weight excluding hydrogens is 322 g/mol. The van der Waals surface area contributed by atoms with Gasteiger partial charge in [0.1, 0.15) is 5.03 Å². The molecular formula is C17H17N5OS. The van der Waals surface area contributed by atoms with Gasteiger partial charge in [-0.25, -0.2) is 4.98 Å². The molecule has 0 saturated carbocycles. The van der Waals surface area contributed by atoms with Crippen molar-refractivity contribution in [2.24, 2.45) is 7.05 Å². The minimum atomic E-state index is -0.155. The van der Waals surface area contributed by atoms with Crippen molar-refractivity contribution >= 4 is 17.7 Å². The van der Waals surface area contributed by atoms with Crippen LogP contribution >= 0.6 is 11.8 Å². The monoisotopic (exact) mass is 339 g/mol. The SMILES string of the molecule is CSc1ncccc1C(=O)NCc1cc(-c2ccccn2)n(C)n1. The van der Waals surface area contributed by atoms with Crippen molar-refractivity contribution in [3.8, 4) is 11.4 Å². The van der Waals surface area contributed by atoms with Gasteiger partial charge in [-0.2, -0.15) is 5.10 Å². The number of pyridine rings is 2. The number of carbonyl (C=O) groups excluding carboxylic acids is 1. The lowest BCUT2D eigenvalue weighted by atomic mass is 10.2. The van der Waals surface area contributed by atoms with Crippen molar-refractivity contribution in [2.75, 3.05) is 6.26 Å². The van der Waals surface area contributed by atoms with Crippen LogP contribution in [0, 0.1) is 0 Å². The first-order valence-corrected chi connectivity index (χ1v) is 8.63. The number of hydrogen-bond donors (Lipinski definition) is 1. The van der Waals surface area contributed by atoms with Crippen LogP contribution in [0.15, 0.2) is 53.8 Å². The fourth-order valence-electron chi connectivity index (χ4n) is 2.36. The largest absolute Gasteiger partial charge is 0.346 e. The van der Waals surface area contributed by atoms with E-state index in [4.69, 9.17) is 0 Å². The van der Waals surface area contributed by atoms with Gasteiger partial charge in [0.05, 0.1) is 29.2 Å². The van der Waals surface area contributed by atoms with Crippen molar-refractivity contribution in [3.63, 3.8) is 0 Å². The molecule has 0 bridgehead atoms. The summed E-state index contributed by atoms with van der Waals surface area (Å²) in [5, 5.41) is 8.04. The highest BCUT2D eigenvalue weighted by Gasteiger charge is 2.13. The van der Waals surface area contributed by atoms with Gasteiger partial charge in [0.25, 0.3) is 5.91 Å². The summed E-state index contributed by atoms with van der Waals surface area (Å²) in [4.78, 5) is 20.9. The lowest BCUT2D eigenvalue weighted by molar-refractivity contribution is 0.0946. The van der Waals surface area contributed by atoms with Crippen LogP contribution < -0.4 is 5.32 Å². The van der Waals surface area contributed by atoms with E-state index in [-0.39, 0.29) is 5.91 Å². The van der Waals surface area contributed by atoms with Gasteiger partial charge in [-0.05, 0) is 36.6 Å². The Labute approximate surface area is 144 Å². The molecule has 0 aromatic carbocycles. The number of carbonyl (C=O) groups is 1. The highest BCUT2D eigenvalue weighted by atomic mass is 32.2. The van der Waals surface area contributed by atoms with E-state index in [2.05, 4.69) is 20.4 Å². The first kappa shape index (κ1) is 16.2. The zero-order chi connectivity index (χ0) is 16.9. The van der Waals surface area contributed by atoms with E-state index in [9.17, 15) is 4.79 Å². The predicted octanol–water partition coefficient (Wildman–Crippen LogP) is 2.53. The standard InChI is InChI=1S/C17H17N5OS/c1-22-15(14-7-3-4-8-18-14)10-12(21-22)11-20-16(23)13-6-5-9-19-17(13)24-2/h3-10H,11H2,1-2H3,(H,20,23). The quantitative estimate of drug-likeness (QED) is 0.723. The van der Waals surface area contributed by atoms with Gasteiger partial charge in [-0.1, -0.05) is 6.07 Å². The first-order valence-electron chi connectivity index (χ1n) is 7.40. The van der Waals surface area contributed by atoms with Gasteiger partial charge in [-0.3, -0.25) is 14.5 Å². The Kier molecular flexibility index (Phi) is 4.90. The molecule has 3 rings (SSSR count). The van der Waals surface area contributed by atoms with Gasteiger partial charge in [0.2, 0.25) is 0 Å². The van der Waals surface area contributed by atoms with Gasteiger partial charge in [0, 0.05) is 19.4 Å². The minimum absolute atomic E-state index is 0.155. The lowest BCUT2D eigenvalue weighted by Gasteiger charge is -2.06. The molecule has 0 spiro atoms. The van der Waals surface area contributed by atoms with Crippen molar-refractivity contribution < 1.29 is 4.79 Å². The molecule has 0 aliphatic carbocycles. The van der Waals surface area contributed by atoms with E-state index < -0.39 is 0 Å². The third kappa shape index (κ3) is 3.46. The minimum Gasteiger partial charge on any atom is -0.346 e. The van der Waals surface area contributed by atoms with Crippen molar-refractivity contribution in [1.29, 1.82) is 0 Å².